The number of carbonyl (C=O) groups is 3. The van der Waals surface area contributed by atoms with Crippen LogP contribution in [0.15, 0.2) is 65.8 Å². The summed E-state index contributed by atoms with van der Waals surface area (Å²) in [4.78, 5) is 48.3. The molecule has 0 aliphatic carbocycles. The third kappa shape index (κ3) is 3.10. The maximum Gasteiger partial charge on any atom is 0.328 e. The average molecular weight is 446 g/mol. The predicted molar refractivity (Wildman–Crippen MR) is 121 cm³/mol. The van der Waals surface area contributed by atoms with Crippen molar-refractivity contribution in [2.24, 2.45) is 10.7 Å². The fourth-order valence-corrected chi connectivity index (χ4v) is 4.40. The van der Waals surface area contributed by atoms with Crippen molar-refractivity contribution in [3.63, 3.8) is 0 Å². The SMILES string of the molecule is COc1ccccc1N1C(c2ccccc2)=CN2C1=NC1C2C(=O)N(CC(N)=O)C(=O)N1C. The number of methoxy groups -OCH3 is 1. The van der Waals surface area contributed by atoms with Crippen LogP contribution in [0.3, 0.4) is 0 Å². The molecule has 3 aliphatic heterocycles. The van der Waals surface area contributed by atoms with E-state index in [1.54, 1.807) is 19.1 Å². The van der Waals surface area contributed by atoms with Gasteiger partial charge in [-0.15, -0.1) is 0 Å². The van der Waals surface area contributed by atoms with Crippen LogP contribution in [0.4, 0.5) is 10.5 Å². The first-order valence-corrected chi connectivity index (χ1v) is 10.4. The Kier molecular flexibility index (Phi) is 4.77. The average Bonchev–Trinajstić information content (AvgIpc) is 3.37. The van der Waals surface area contributed by atoms with E-state index in [0.29, 0.717) is 11.7 Å². The Morgan fingerprint density at radius 3 is 2.48 bits per heavy atom. The van der Waals surface area contributed by atoms with Crippen molar-refractivity contribution in [1.29, 1.82) is 0 Å². The molecule has 2 N–H and O–H groups in total. The van der Waals surface area contributed by atoms with Crippen LogP contribution in [-0.2, 0) is 9.59 Å². The minimum absolute atomic E-state index is 0.486. The van der Waals surface area contributed by atoms with Crippen molar-refractivity contribution < 1.29 is 19.1 Å². The molecule has 33 heavy (non-hydrogen) atoms. The van der Waals surface area contributed by atoms with Crippen LogP contribution in [0.1, 0.15) is 5.56 Å². The zero-order valence-electron chi connectivity index (χ0n) is 18.1. The van der Waals surface area contributed by atoms with Gasteiger partial charge in [0.15, 0.2) is 12.2 Å². The van der Waals surface area contributed by atoms with E-state index in [-0.39, 0.29) is 0 Å². The number of amides is 4. The number of aliphatic imine (C=N–C) groups is 1. The lowest BCUT2D eigenvalue weighted by Crippen LogP contribution is -2.65. The van der Waals surface area contributed by atoms with E-state index in [4.69, 9.17) is 15.5 Å². The number of nitrogens with two attached hydrogens (primary N) is 1. The lowest BCUT2D eigenvalue weighted by atomic mass is 10.1. The maximum absolute atomic E-state index is 13.3. The summed E-state index contributed by atoms with van der Waals surface area (Å²) in [5, 5.41) is 0. The number of carbonyl (C=O) groups excluding carboxylic acids is 3. The summed E-state index contributed by atoms with van der Waals surface area (Å²) in [5.74, 6) is -0.168. The highest BCUT2D eigenvalue weighted by atomic mass is 16.5. The van der Waals surface area contributed by atoms with E-state index in [2.05, 4.69) is 0 Å². The molecule has 4 amide bonds. The normalized spacial score (nSPS) is 21.6. The van der Waals surface area contributed by atoms with Gasteiger partial charge < -0.3 is 15.4 Å². The molecule has 2 aromatic carbocycles. The van der Waals surface area contributed by atoms with Gasteiger partial charge in [-0.05, 0) is 12.1 Å². The second-order valence-electron chi connectivity index (χ2n) is 7.87. The number of hydrogen-bond acceptors (Lipinski definition) is 7. The standard InChI is InChI=1S/C23H22N6O4/c1-26-20-19(21(31)28(23(26)32)13-18(24)30)27-12-16(14-8-4-3-5-9-14)29(22(27)25-20)15-10-6-7-11-17(15)33-2/h3-12,19-20H,13H2,1-2H3,(H2,24,30). The zero-order valence-corrected chi connectivity index (χ0v) is 18.1. The van der Waals surface area contributed by atoms with Crippen LogP contribution < -0.4 is 15.4 Å². The lowest BCUT2D eigenvalue weighted by molar-refractivity contribution is -0.139. The first kappa shape index (κ1) is 20.6. The van der Waals surface area contributed by atoms with Gasteiger partial charge in [-0.25, -0.2) is 9.79 Å². The summed E-state index contributed by atoms with van der Waals surface area (Å²) in [6.45, 7) is -0.486. The first-order chi connectivity index (χ1) is 15.9. The Bertz CT molecular complexity index is 1210. The summed E-state index contributed by atoms with van der Waals surface area (Å²) >= 11 is 0. The Morgan fingerprint density at radius 1 is 1.09 bits per heavy atom. The highest BCUT2D eigenvalue weighted by molar-refractivity contribution is 6.17. The number of primary amides is 1. The van der Waals surface area contributed by atoms with Crippen molar-refractivity contribution in [3.05, 3.63) is 66.4 Å². The van der Waals surface area contributed by atoms with Crippen molar-refractivity contribution in [2.45, 2.75) is 12.2 Å². The van der Waals surface area contributed by atoms with Gasteiger partial charge in [0.25, 0.3) is 5.91 Å². The number of likely N-dealkylation sites (N-methyl/N-ethyl adjacent to an activating group) is 1. The fraction of sp³-hybridized carbons (Fsp3) is 0.217. The van der Waals surface area contributed by atoms with Gasteiger partial charge >= 0.3 is 6.03 Å². The smallest absolute Gasteiger partial charge is 0.328 e. The number of para-hydroxylation sites is 2. The largest absolute Gasteiger partial charge is 0.495 e. The van der Waals surface area contributed by atoms with Crippen LogP contribution in [0.2, 0.25) is 0 Å². The molecule has 3 heterocycles. The molecule has 0 radical (unpaired) electrons. The number of benzene rings is 2. The quantitative estimate of drug-likeness (QED) is 0.740. The van der Waals surface area contributed by atoms with Gasteiger partial charge in [-0.3, -0.25) is 24.3 Å². The van der Waals surface area contributed by atoms with Crippen LogP contribution >= 0.6 is 0 Å². The van der Waals surface area contributed by atoms with Crippen LogP contribution in [0.5, 0.6) is 5.75 Å². The van der Waals surface area contributed by atoms with Gasteiger partial charge in [0.05, 0.1) is 18.5 Å². The summed E-state index contributed by atoms with van der Waals surface area (Å²) in [7, 11) is 3.15. The minimum atomic E-state index is -0.819. The highest BCUT2D eigenvalue weighted by Crippen LogP contribution is 2.42. The molecule has 168 valence electrons. The highest BCUT2D eigenvalue weighted by Gasteiger charge is 2.55. The molecule has 1 fully saturated rings. The Labute approximate surface area is 190 Å². The van der Waals surface area contributed by atoms with Crippen molar-refractivity contribution >= 4 is 35.2 Å². The number of urea groups is 1. The minimum Gasteiger partial charge on any atom is -0.495 e. The number of anilines is 1. The number of rotatable bonds is 5. The van der Waals surface area contributed by atoms with Crippen molar-refractivity contribution in [1.82, 2.24) is 14.7 Å². The fourth-order valence-electron chi connectivity index (χ4n) is 4.40. The second-order valence-corrected chi connectivity index (χ2v) is 7.87. The molecule has 1 saturated heterocycles. The number of nitrogens with zero attached hydrogens (tertiary/aromatic N) is 5. The topological polar surface area (TPSA) is 112 Å². The van der Waals surface area contributed by atoms with Crippen molar-refractivity contribution in [3.8, 4) is 5.75 Å². The molecule has 5 rings (SSSR count). The number of hydrogen-bond donors (Lipinski definition) is 1. The van der Waals surface area contributed by atoms with E-state index >= 15 is 0 Å². The Hall–Kier alpha value is -4.34. The predicted octanol–water partition coefficient (Wildman–Crippen LogP) is 1.26. The van der Waals surface area contributed by atoms with Crippen LogP contribution in [-0.4, -0.2) is 71.4 Å². The van der Waals surface area contributed by atoms with E-state index in [1.165, 1.54) is 4.90 Å². The summed E-state index contributed by atoms with van der Waals surface area (Å²) in [5.41, 5.74) is 7.74. The molecule has 0 spiro atoms. The summed E-state index contributed by atoms with van der Waals surface area (Å²) < 4.78 is 5.60. The molecular formula is C23H22N6O4. The lowest BCUT2D eigenvalue weighted by Gasteiger charge is -2.39. The molecule has 2 atom stereocenters. The number of fused-ring (bicyclic) bond motifs is 3. The van der Waals surface area contributed by atoms with E-state index in [0.717, 1.165) is 21.8 Å². The van der Waals surface area contributed by atoms with Crippen LogP contribution in [0, 0.1) is 0 Å². The van der Waals surface area contributed by atoms with Gasteiger partial charge in [0.2, 0.25) is 11.9 Å². The molecule has 3 aliphatic rings. The van der Waals surface area contributed by atoms with Gasteiger partial charge in [-0.1, -0.05) is 42.5 Å². The molecular weight excluding hydrogens is 424 g/mol. The third-order valence-corrected chi connectivity index (χ3v) is 5.92. The van der Waals surface area contributed by atoms with Crippen molar-refractivity contribution in [2.75, 3.05) is 25.6 Å². The number of guanidine groups is 1. The molecule has 0 saturated carbocycles. The number of imide groups is 1. The summed E-state index contributed by atoms with van der Waals surface area (Å²) in [6.07, 6.45) is 1.10. The molecule has 0 aromatic heterocycles. The van der Waals surface area contributed by atoms with Gasteiger partial charge in [0, 0.05) is 18.8 Å². The summed E-state index contributed by atoms with van der Waals surface area (Å²) in [6, 6.07) is 15.8. The molecule has 10 heteroatoms. The Morgan fingerprint density at radius 2 is 1.79 bits per heavy atom. The van der Waals surface area contributed by atoms with E-state index < -0.39 is 36.6 Å². The number of ether oxygens (including phenoxy) is 1. The molecule has 2 aromatic rings. The van der Waals surface area contributed by atoms with Gasteiger partial charge in [0.1, 0.15) is 12.3 Å². The molecule has 0 bridgehead atoms. The monoisotopic (exact) mass is 446 g/mol. The van der Waals surface area contributed by atoms with Crippen LogP contribution in [0.25, 0.3) is 5.70 Å². The molecule has 2 unspecified atom stereocenters. The first-order valence-electron chi connectivity index (χ1n) is 10.4. The van der Waals surface area contributed by atoms with Gasteiger partial charge in [-0.2, -0.15) is 0 Å². The van der Waals surface area contributed by atoms with E-state index in [1.807, 2.05) is 65.7 Å². The third-order valence-electron chi connectivity index (χ3n) is 5.92. The zero-order chi connectivity index (χ0) is 23.3. The molecule has 10 nitrogen and oxygen atoms in total. The maximum atomic E-state index is 13.3. The Balaban J connectivity index is 1.64. The van der Waals surface area contributed by atoms with E-state index in [9.17, 15) is 14.4 Å². The second kappa shape index (κ2) is 7.66.